The van der Waals surface area contributed by atoms with E-state index in [-0.39, 0.29) is 12.4 Å². The molecule has 0 heterocycles. The first kappa shape index (κ1) is 27.2. The Kier molecular flexibility index (Phi) is 26.1. The van der Waals surface area contributed by atoms with Crippen molar-refractivity contribution in [3.8, 4) is 0 Å². The van der Waals surface area contributed by atoms with E-state index in [9.17, 15) is 0 Å². The second-order valence-electron chi connectivity index (χ2n) is 7.83. The van der Waals surface area contributed by atoms with Crippen LogP contribution in [0.4, 0.5) is 0 Å². The van der Waals surface area contributed by atoms with Gasteiger partial charge in [0.25, 0.3) is 0 Å². The molecule has 0 aromatic carbocycles. The van der Waals surface area contributed by atoms with Crippen LogP contribution >= 0.6 is 12.4 Å². The summed E-state index contributed by atoms with van der Waals surface area (Å²) < 4.78 is 0. The van der Waals surface area contributed by atoms with E-state index >= 15 is 0 Å². The van der Waals surface area contributed by atoms with Crippen molar-refractivity contribution in [2.45, 2.75) is 116 Å². The van der Waals surface area contributed by atoms with Crippen molar-refractivity contribution in [3.05, 3.63) is 12.2 Å². The monoisotopic (exact) mass is 373 g/mol. The Morgan fingerprint density at radius 3 is 1.24 bits per heavy atom. The van der Waals surface area contributed by atoms with E-state index in [1.54, 1.807) is 0 Å². The zero-order valence-electron chi connectivity index (χ0n) is 17.7. The molecule has 0 bridgehead atoms. The lowest BCUT2D eigenvalue weighted by molar-refractivity contribution is 0.456. The fourth-order valence-electron chi connectivity index (χ4n) is 3.21. The minimum atomic E-state index is 0. The van der Waals surface area contributed by atoms with Gasteiger partial charge in [0.15, 0.2) is 0 Å². The van der Waals surface area contributed by atoms with Crippen LogP contribution in [0.1, 0.15) is 116 Å². The zero-order valence-corrected chi connectivity index (χ0v) is 18.6. The fraction of sp³-hybridized carbons (Fsp3) is 0.913. The minimum Gasteiger partial charge on any atom is -0.306 e. The quantitative estimate of drug-likeness (QED) is 0.163. The Morgan fingerprint density at radius 1 is 0.520 bits per heavy atom. The van der Waals surface area contributed by atoms with Gasteiger partial charge < -0.3 is 4.90 Å². The van der Waals surface area contributed by atoms with Gasteiger partial charge in [-0.3, -0.25) is 0 Å². The van der Waals surface area contributed by atoms with E-state index in [1.807, 2.05) is 0 Å². The number of allylic oxidation sites excluding steroid dienone is 1. The number of likely N-dealkylation sites (N-methyl/N-ethyl adjacent to an activating group) is 1. The van der Waals surface area contributed by atoms with Gasteiger partial charge >= 0.3 is 0 Å². The van der Waals surface area contributed by atoms with E-state index in [0.717, 1.165) is 6.54 Å². The summed E-state index contributed by atoms with van der Waals surface area (Å²) in [5.74, 6) is 0. The normalized spacial score (nSPS) is 11.4. The summed E-state index contributed by atoms with van der Waals surface area (Å²) in [6.45, 7) is 3.38. The first-order chi connectivity index (χ1) is 11.8. The van der Waals surface area contributed by atoms with Crippen molar-refractivity contribution in [2.75, 3.05) is 20.6 Å². The highest BCUT2D eigenvalue weighted by atomic mass is 35.5. The first-order valence-electron chi connectivity index (χ1n) is 11.1. The first-order valence-corrected chi connectivity index (χ1v) is 11.1. The van der Waals surface area contributed by atoms with E-state index in [0.29, 0.717) is 0 Å². The summed E-state index contributed by atoms with van der Waals surface area (Å²) in [5.41, 5.74) is 0. The summed E-state index contributed by atoms with van der Waals surface area (Å²) in [5, 5.41) is 0. The van der Waals surface area contributed by atoms with E-state index in [1.165, 1.54) is 109 Å². The molecule has 2 heteroatoms. The molecule has 0 aliphatic heterocycles. The predicted molar refractivity (Wildman–Crippen MR) is 119 cm³/mol. The zero-order chi connectivity index (χ0) is 17.7. The van der Waals surface area contributed by atoms with Crippen LogP contribution in [0.25, 0.3) is 0 Å². The average Bonchev–Trinajstić information content (AvgIpc) is 2.56. The van der Waals surface area contributed by atoms with Gasteiger partial charge in [0.2, 0.25) is 0 Å². The molecule has 0 aliphatic carbocycles. The van der Waals surface area contributed by atoms with E-state index in [4.69, 9.17) is 0 Å². The molecule has 1 nitrogen and oxygen atoms in total. The van der Waals surface area contributed by atoms with Crippen LogP contribution in [0.5, 0.6) is 0 Å². The van der Waals surface area contributed by atoms with E-state index in [2.05, 4.69) is 38.1 Å². The average molecular weight is 374 g/mol. The number of unbranched alkanes of at least 4 members (excludes halogenated alkanes) is 16. The molecule has 0 atom stereocenters. The van der Waals surface area contributed by atoms with E-state index < -0.39 is 0 Å². The maximum atomic E-state index is 2.35. The molecule has 0 fully saturated rings. The molecule has 0 amide bonds. The molecule has 0 N–H and O–H groups in total. The Labute approximate surface area is 166 Å². The van der Waals surface area contributed by atoms with Crippen molar-refractivity contribution >= 4 is 12.4 Å². The van der Waals surface area contributed by atoms with Crippen LogP contribution in [-0.4, -0.2) is 25.5 Å². The van der Waals surface area contributed by atoms with Crippen LogP contribution in [0.2, 0.25) is 0 Å². The second kappa shape index (κ2) is 24.0. The summed E-state index contributed by atoms with van der Waals surface area (Å²) in [6, 6.07) is 0. The highest BCUT2D eigenvalue weighted by Gasteiger charge is 1.94. The van der Waals surface area contributed by atoms with Crippen molar-refractivity contribution in [1.29, 1.82) is 0 Å². The standard InChI is InChI=1S/C23H47N.ClH/c1-4-5-6-7-8-9-10-11-12-13-14-15-16-17-18-19-20-21-22-23-24(2)3;/h21-22H,4-20,23H2,1-3H3;1H. The lowest BCUT2D eigenvalue weighted by Crippen LogP contribution is -2.10. The molecular formula is C23H48ClN. The Hall–Kier alpha value is -0.0100. The molecule has 152 valence electrons. The van der Waals surface area contributed by atoms with Gasteiger partial charge in [-0.15, -0.1) is 12.4 Å². The number of nitrogens with zero attached hydrogens (tertiary/aromatic N) is 1. The third kappa shape index (κ3) is 26.3. The van der Waals surface area contributed by atoms with Crippen molar-refractivity contribution in [3.63, 3.8) is 0 Å². The van der Waals surface area contributed by atoms with Crippen molar-refractivity contribution < 1.29 is 0 Å². The van der Waals surface area contributed by atoms with Crippen LogP contribution in [0, 0.1) is 0 Å². The third-order valence-corrected chi connectivity index (χ3v) is 4.86. The Bertz CT molecular complexity index is 250. The molecule has 0 radical (unpaired) electrons. The topological polar surface area (TPSA) is 3.24 Å². The molecule has 0 spiro atoms. The summed E-state index contributed by atoms with van der Waals surface area (Å²) >= 11 is 0. The van der Waals surface area contributed by atoms with Gasteiger partial charge in [0.05, 0.1) is 0 Å². The third-order valence-electron chi connectivity index (χ3n) is 4.86. The molecule has 25 heavy (non-hydrogen) atoms. The van der Waals surface area contributed by atoms with Gasteiger partial charge in [0.1, 0.15) is 0 Å². The van der Waals surface area contributed by atoms with Gasteiger partial charge in [-0.25, -0.2) is 0 Å². The predicted octanol–water partition coefficient (Wildman–Crippen LogP) is 8.18. The summed E-state index contributed by atoms with van der Waals surface area (Å²) in [6.07, 6.45) is 29.2. The molecule has 0 aliphatic rings. The van der Waals surface area contributed by atoms with Crippen molar-refractivity contribution in [1.82, 2.24) is 4.90 Å². The van der Waals surface area contributed by atoms with Crippen LogP contribution in [0.15, 0.2) is 12.2 Å². The number of hydrogen-bond donors (Lipinski definition) is 0. The lowest BCUT2D eigenvalue weighted by atomic mass is 10.0. The molecule has 0 rings (SSSR count). The summed E-state index contributed by atoms with van der Waals surface area (Å²) in [7, 11) is 4.25. The van der Waals surface area contributed by atoms with Crippen LogP contribution < -0.4 is 0 Å². The van der Waals surface area contributed by atoms with Crippen molar-refractivity contribution in [2.24, 2.45) is 0 Å². The smallest absolute Gasteiger partial charge is 0.0157 e. The molecule has 0 aromatic heterocycles. The van der Waals surface area contributed by atoms with Gasteiger partial charge in [-0.1, -0.05) is 115 Å². The number of hydrogen-bond acceptors (Lipinski definition) is 1. The second-order valence-corrected chi connectivity index (χ2v) is 7.83. The maximum Gasteiger partial charge on any atom is 0.0157 e. The molecule has 0 saturated carbocycles. The number of rotatable bonds is 19. The highest BCUT2D eigenvalue weighted by Crippen LogP contribution is 2.14. The molecular weight excluding hydrogens is 326 g/mol. The minimum absolute atomic E-state index is 0. The highest BCUT2D eigenvalue weighted by molar-refractivity contribution is 5.85. The Morgan fingerprint density at radius 2 is 0.880 bits per heavy atom. The van der Waals surface area contributed by atoms with Crippen LogP contribution in [0.3, 0.4) is 0 Å². The maximum absolute atomic E-state index is 2.35. The SMILES string of the molecule is CCCCCCCCCCCCCCCCCCC=CCN(C)C.Cl. The van der Waals surface area contributed by atoms with Crippen LogP contribution in [-0.2, 0) is 0 Å². The fourth-order valence-corrected chi connectivity index (χ4v) is 3.21. The van der Waals surface area contributed by atoms with Gasteiger partial charge in [0, 0.05) is 6.54 Å². The summed E-state index contributed by atoms with van der Waals surface area (Å²) in [4.78, 5) is 2.21. The largest absolute Gasteiger partial charge is 0.306 e. The number of halogens is 1. The lowest BCUT2D eigenvalue weighted by Gasteiger charge is -2.04. The molecule has 0 unspecified atom stereocenters. The van der Waals surface area contributed by atoms with Gasteiger partial charge in [-0.2, -0.15) is 0 Å². The Balaban J connectivity index is 0. The molecule has 0 saturated heterocycles. The van der Waals surface area contributed by atoms with Gasteiger partial charge in [-0.05, 0) is 26.9 Å². The molecule has 0 aromatic rings.